The molecule has 0 spiro atoms. The topological polar surface area (TPSA) is 31.6 Å². The van der Waals surface area contributed by atoms with E-state index in [1.807, 2.05) is 12.1 Å². The van der Waals surface area contributed by atoms with Crippen molar-refractivity contribution >= 4 is 17.3 Å². The Morgan fingerprint density at radius 3 is 2.52 bits per heavy atom. The van der Waals surface area contributed by atoms with Gasteiger partial charge in [-0.25, -0.2) is 0 Å². The summed E-state index contributed by atoms with van der Waals surface area (Å²) in [5.41, 5.74) is 2.54. The molecule has 2 heterocycles. The second kappa shape index (κ2) is 7.62. The van der Waals surface area contributed by atoms with Crippen LogP contribution in [0.25, 0.3) is 0 Å². The molecule has 23 heavy (non-hydrogen) atoms. The van der Waals surface area contributed by atoms with E-state index in [2.05, 4.69) is 46.3 Å². The van der Waals surface area contributed by atoms with Crippen molar-refractivity contribution in [3.63, 3.8) is 0 Å². The Kier molecular flexibility index (Phi) is 5.31. The Morgan fingerprint density at radius 1 is 1.13 bits per heavy atom. The molecule has 0 aliphatic carbocycles. The average molecular weight is 329 g/mol. The van der Waals surface area contributed by atoms with Crippen molar-refractivity contribution in [1.82, 2.24) is 15.1 Å². The van der Waals surface area contributed by atoms with Crippen molar-refractivity contribution in [2.75, 3.05) is 26.2 Å². The second-order valence-corrected chi connectivity index (χ2v) is 6.37. The molecule has 1 N–H and O–H groups in total. The molecule has 1 aromatic heterocycles. The zero-order valence-corrected chi connectivity index (χ0v) is 14.3. The van der Waals surface area contributed by atoms with Gasteiger partial charge in [0.05, 0.1) is 12.8 Å². The maximum atomic E-state index is 5.53. The van der Waals surface area contributed by atoms with Gasteiger partial charge in [0.2, 0.25) is 0 Å². The molecule has 1 saturated heterocycles. The summed E-state index contributed by atoms with van der Waals surface area (Å²) in [6.07, 6.45) is 1.73. The van der Waals surface area contributed by atoms with Crippen LogP contribution in [0, 0.1) is 6.92 Å². The van der Waals surface area contributed by atoms with Crippen LogP contribution in [0.15, 0.2) is 47.1 Å². The molecule has 0 saturated carbocycles. The lowest BCUT2D eigenvalue weighted by Gasteiger charge is -2.35. The smallest absolute Gasteiger partial charge is 0.169 e. The molecule has 4 nitrogen and oxygen atoms in total. The van der Waals surface area contributed by atoms with Crippen molar-refractivity contribution in [2.24, 2.45) is 0 Å². The molecule has 0 radical (unpaired) electrons. The first-order valence-corrected chi connectivity index (χ1v) is 8.44. The van der Waals surface area contributed by atoms with E-state index in [-0.39, 0.29) is 0 Å². The van der Waals surface area contributed by atoms with Crippen LogP contribution in [0.4, 0.5) is 0 Å². The fourth-order valence-corrected chi connectivity index (χ4v) is 2.98. The van der Waals surface area contributed by atoms with E-state index >= 15 is 0 Å². The van der Waals surface area contributed by atoms with Crippen molar-refractivity contribution < 1.29 is 4.42 Å². The van der Waals surface area contributed by atoms with Crippen LogP contribution < -0.4 is 5.32 Å². The number of thiocarbonyl (C=S) groups is 1. The Balaban J connectivity index is 1.42. The lowest BCUT2D eigenvalue weighted by atomic mass is 10.1. The highest BCUT2D eigenvalue weighted by Crippen LogP contribution is 2.09. The number of furan rings is 1. The van der Waals surface area contributed by atoms with Crippen LogP contribution in [0.1, 0.15) is 16.9 Å². The number of rotatable bonds is 4. The zero-order chi connectivity index (χ0) is 16.1. The predicted octanol–water partition coefficient (Wildman–Crippen LogP) is 2.78. The number of nitrogens with one attached hydrogen (secondary N) is 1. The summed E-state index contributed by atoms with van der Waals surface area (Å²) in [7, 11) is 0. The highest BCUT2D eigenvalue weighted by molar-refractivity contribution is 7.80. The highest BCUT2D eigenvalue weighted by atomic mass is 32.1. The Hall–Kier alpha value is -1.85. The van der Waals surface area contributed by atoms with Gasteiger partial charge in [-0.05, 0) is 36.8 Å². The average Bonchev–Trinajstić information content (AvgIpc) is 3.08. The molecular formula is C18H23N3OS. The van der Waals surface area contributed by atoms with Gasteiger partial charge in [-0.15, -0.1) is 0 Å². The molecule has 1 aliphatic heterocycles. The molecule has 0 atom stereocenters. The first-order chi connectivity index (χ1) is 11.2. The standard InChI is InChI=1S/C18H23N3OS/c1-15-4-6-16(7-5-15)13-19-18(23)21-10-8-20(9-11-21)14-17-3-2-12-22-17/h2-7,12H,8-11,13-14H2,1H3,(H,19,23). The van der Waals surface area contributed by atoms with E-state index in [4.69, 9.17) is 16.6 Å². The molecule has 1 aliphatic rings. The first kappa shape index (κ1) is 16.0. The van der Waals surface area contributed by atoms with E-state index in [9.17, 15) is 0 Å². The molecule has 122 valence electrons. The fraction of sp³-hybridized carbons (Fsp3) is 0.389. The molecule has 0 amide bonds. The normalized spacial score (nSPS) is 15.6. The number of benzene rings is 1. The number of hydrogen-bond donors (Lipinski definition) is 1. The summed E-state index contributed by atoms with van der Waals surface area (Å²) in [5, 5.41) is 4.22. The van der Waals surface area contributed by atoms with Crippen LogP contribution in [0.2, 0.25) is 0 Å². The van der Waals surface area contributed by atoms with Crippen LogP contribution in [0.3, 0.4) is 0 Å². The van der Waals surface area contributed by atoms with Gasteiger partial charge in [0.15, 0.2) is 5.11 Å². The third kappa shape index (κ3) is 4.56. The zero-order valence-electron chi connectivity index (χ0n) is 13.5. The maximum absolute atomic E-state index is 5.53. The van der Waals surface area contributed by atoms with Gasteiger partial charge >= 0.3 is 0 Å². The van der Waals surface area contributed by atoms with Gasteiger partial charge in [0.25, 0.3) is 0 Å². The summed E-state index contributed by atoms with van der Waals surface area (Å²) in [6.45, 7) is 7.70. The summed E-state index contributed by atoms with van der Waals surface area (Å²) in [6, 6.07) is 12.5. The highest BCUT2D eigenvalue weighted by Gasteiger charge is 2.19. The van der Waals surface area contributed by atoms with E-state index in [1.165, 1.54) is 11.1 Å². The quantitative estimate of drug-likeness (QED) is 0.872. The molecule has 3 rings (SSSR count). The Labute approximate surface area is 143 Å². The summed E-state index contributed by atoms with van der Waals surface area (Å²) in [5.74, 6) is 1.03. The number of hydrogen-bond acceptors (Lipinski definition) is 3. The van der Waals surface area contributed by atoms with E-state index in [0.717, 1.165) is 50.1 Å². The lowest BCUT2D eigenvalue weighted by molar-refractivity contribution is 0.164. The number of nitrogens with zero attached hydrogens (tertiary/aromatic N) is 2. The SMILES string of the molecule is Cc1ccc(CNC(=S)N2CCN(Cc3ccco3)CC2)cc1. The second-order valence-electron chi connectivity index (χ2n) is 5.99. The van der Waals surface area contributed by atoms with E-state index in [1.54, 1.807) is 6.26 Å². The van der Waals surface area contributed by atoms with Crippen LogP contribution >= 0.6 is 12.2 Å². The van der Waals surface area contributed by atoms with Crippen molar-refractivity contribution in [2.45, 2.75) is 20.0 Å². The predicted molar refractivity (Wildman–Crippen MR) is 96.2 cm³/mol. The minimum atomic E-state index is 0.783. The molecular weight excluding hydrogens is 306 g/mol. The summed E-state index contributed by atoms with van der Waals surface area (Å²) < 4.78 is 5.41. The van der Waals surface area contributed by atoms with Crippen LogP contribution in [-0.4, -0.2) is 41.1 Å². The van der Waals surface area contributed by atoms with E-state index in [0.29, 0.717) is 0 Å². The minimum Gasteiger partial charge on any atom is -0.468 e. The molecule has 0 bridgehead atoms. The van der Waals surface area contributed by atoms with Gasteiger partial charge in [-0.3, -0.25) is 4.90 Å². The number of aryl methyl sites for hydroxylation is 1. The summed E-state index contributed by atoms with van der Waals surface area (Å²) >= 11 is 5.53. The first-order valence-electron chi connectivity index (χ1n) is 8.04. The number of piperazine rings is 1. The van der Waals surface area contributed by atoms with Crippen molar-refractivity contribution in [3.05, 3.63) is 59.5 Å². The summed E-state index contributed by atoms with van der Waals surface area (Å²) in [4.78, 5) is 4.65. The van der Waals surface area contributed by atoms with Gasteiger partial charge in [0.1, 0.15) is 5.76 Å². The van der Waals surface area contributed by atoms with Gasteiger partial charge in [-0.1, -0.05) is 29.8 Å². The van der Waals surface area contributed by atoms with Crippen molar-refractivity contribution in [3.8, 4) is 0 Å². The van der Waals surface area contributed by atoms with E-state index < -0.39 is 0 Å². The Morgan fingerprint density at radius 2 is 1.87 bits per heavy atom. The molecule has 1 aromatic carbocycles. The lowest BCUT2D eigenvalue weighted by Crippen LogP contribution is -2.51. The van der Waals surface area contributed by atoms with Crippen LogP contribution in [0.5, 0.6) is 0 Å². The van der Waals surface area contributed by atoms with Gasteiger partial charge < -0.3 is 14.6 Å². The third-order valence-electron chi connectivity index (χ3n) is 4.18. The Bertz CT molecular complexity index is 616. The van der Waals surface area contributed by atoms with Gasteiger partial charge in [-0.2, -0.15) is 0 Å². The largest absolute Gasteiger partial charge is 0.468 e. The maximum Gasteiger partial charge on any atom is 0.169 e. The van der Waals surface area contributed by atoms with Crippen LogP contribution in [-0.2, 0) is 13.1 Å². The molecule has 2 aromatic rings. The van der Waals surface area contributed by atoms with Crippen molar-refractivity contribution in [1.29, 1.82) is 0 Å². The minimum absolute atomic E-state index is 0.783. The molecule has 0 unspecified atom stereocenters. The monoisotopic (exact) mass is 329 g/mol. The van der Waals surface area contributed by atoms with Gasteiger partial charge in [0, 0.05) is 32.7 Å². The molecule has 5 heteroatoms. The fourth-order valence-electron chi connectivity index (χ4n) is 2.73. The third-order valence-corrected chi connectivity index (χ3v) is 4.59. The molecule has 1 fully saturated rings.